The van der Waals surface area contributed by atoms with Gasteiger partial charge in [0, 0.05) is 27.3 Å². The Morgan fingerprint density at radius 3 is 1.82 bits per heavy atom. The van der Waals surface area contributed by atoms with E-state index in [1.807, 2.05) is 60.7 Å². The smallest absolute Gasteiger partial charge is 0.199 e. The third kappa shape index (κ3) is 4.06. The van der Waals surface area contributed by atoms with Gasteiger partial charge in [0.05, 0.1) is 0 Å². The van der Waals surface area contributed by atoms with Gasteiger partial charge in [-0.05, 0) is 52.2 Å². The Balaban J connectivity index is 1.19. The Labute approximate surface area is 252 Å². The van der Waals surface area contributed by atoms with Crippen LogP contribution < -0.4 is 0 Å². The van der Waals surface area contributed by atoms with E-state index in [9.17, 15) is 0 Å². The fourth-order valence-corrected chi connectivity index (χ4v) is 5.98. The molecule has 0 fully saturated rings. The summed E-state index contributed by atoms with van der Waals surface area (Å²) in [4.78, 5) is 14.8. The van der Waals surface area contributed by atoms with Crippen molar-refractivity contribution in [3.63, 3.8) is 0 Å². The van der Waals surface area contributed by atoms with Crippen molar-refractivity contribution in [2.75, 3.05) is 0 Å². The summed E-state index contributed by atoms with van der Waals surface area (Å²) >= 11 is 0. The van der Waals surface area contributed by atoms with Gasteiger partial charge in [0.15, 0.2) is 23.2 Å². The molecule has 5 heteroatoms. The second kappa shape index (κ2) is 9.75. The first-order chi connectivity index (χ1) is 21.8. The van der Waals surface area contributed by atoms with Gasteiger partial charge in [-0.3, -0.25) is 0 Å². The highest BCUT2D eigenvalue weighted by atomic mass is 16.3. The van der Waals surface area contributed by atoms with Crippen LogP contribution in [-0.2, 0) is 0 Å². The maximum atomic E-state index is 6.19. The van der Waals surface area contributed by atoms with Crippen LogP contribution in [0, 0.1) is 0 Å². The lowest BCUT2D eigenvalue weighted by atomic mass is 9.97. The van der Waals surface area contributed by atoms with Crippen LogP contribution >= 0.6 is 0 Å². The molecular weight excluding hydrogens is 542 g/mol. The van der Waals surface area contributed by atoms with Gasteiger partial charge in [-0.25, -0.2) is 15.0 Å². The summed E-state index contributed by atoms with van der Waals surface area (Å²) < 4.78 is 12.4. The molecule has 5 nitrogen and oxygen atoms in total. The fourth-order valence-electron chi connectivity index (χ4n) is 5.98. The molecule has 0 unspecified atom stereocenters. The Bertz CT molecular complexity index is 2470. The Morgan fingerprint density at radius 1 is 0.364 bits per heavy atom. The highest BCUT2D eigenvalue weighted by molar-refractivity contribution is 6.05. The number of aromatic nitrogens is 3. The molecule has 0 aliphatic rings. The van der Waals surface area contributed by atoms with Crippen molar-refractivity contribution in [1.29, 1.82) is 0 Å². The number of nitrogens with zero attached hydrogens (tertiary/aromatic N) is 3. The lowest BCUT2D eigenvalue weighted by Crippen LogP contribution is -1.99. The van der Waals surface area contributed by atoms with E-state index in [1.54, 1.807) is 0 Å². The van der Waals surface area contributed by atoms with Crippen molar-refractivity contribution in [2.24, 2.45) is 0 Å². The number of para-hydroxylation sites is 2. The number of furan rings is 2. The van der Waals surface area contributed by atoms with Gasteiger partial charge < -0.3 is 8.83 Å². The number of benzene rings is 6. The molecule has 0 N–H and O–H groups in total. The maximum Gasteiger partial charge on any atom is 0.199 e. The van der Waals surface area contributed by atoms with E-state index in [0.29, 0.717) is 23.2 Å². The minimum atomic E-state index is 0.476. The van der Waals surface area contributed by atoms with Crippen LogP contribution in [0.5, 0.6) is 0 Å². The molecule has 206 valence electrons. The average molecular weight is 566 g/mol. The van der Waals surface area contributed by atoms with Crippen LogP contribution in [0.2, 0.25) is 0 Å². The molecule has 0 spiro atoms. The summed E-state index contributed by atoms with van der Waals surface area (Å²) in [6.07, 6.45) is 0. The Morgan fingerprint density at radius 2 is 0.977 bits per heavy atom. The quantitative estimate of drug-likeness (QED) is 0.212. The SMILES string of the molecule is c1ccc2oc(-c3nc(-c4ccc(-c5cccc6ccccc56)cc4)nc(-c4ccc5c(c4)oc4ccccc45)n3)cc2c1. The first-order valence-corrected chi connectivity index (χ1v) is 14.5. The number of hydrogen-bond acceptors (Lipinski definition) is 5. The molecule has 0 saturated carbocycles. The first-order valence-electron chi connectivity index (χ1n) is 14.5. The standard InChI is InChI=1S/C39H23N3O2/c1-3-11-29-24(8-1)10-7-13-30(29)25-16-18-26(19-17-25)37-40-38(42-39(41-37)36-22-27-9-2-5-14-33(27)43-36)28-20-21-32-31-12-4-6-15-34(31)44-35(32)23-28/h1-23H. The van der Waals surface area contributed by atoms with Crippen molar-refractivity contribution in [3.8, 4) is 45.5 Å². The predicted molar refractivity (Wildman–Crippen MR) is 176 cm³/mol. The summed E-state index contributed by atoms with van der Waals surface area (Å²) in [7, 11) is 0. The highest BCUT2D eigenvalue weighted by Gasteiger charge is 2.17. The summed E-state index contributed by atoms with van der Waals surface area (Å²) in [5, 5.41) is 5.57. The van der Waals surface area contributed by atoms with Gasteiger partial charge in [-0.1, -0.05) is 109 Å². The van der Waals surface area contributed by atoms with Gasteiger partial charge >= 0.3 is 0 Å². The second-order valence-electron chi connectivity index (χ2n) is 10.9. The summed E-state index contributed by atoms with van der Waals surface area (Å²) in [6.45, 7) is 0. The minimum Gasteiger partial charge on any atom is -0.456 e. The molecule has 44 heavy (non-hydrogen) atoms. The molecule has 6 aromatic carbocycles. The molecule has 0 aliphatic heterocycles. The molecule has 0 aliphatic carbocycles. The van der Waals surface area contributed by atoms with E-state index >= 15 is 0 Å². The third-order valence-corrected chi connectivity index (χ3v) is 8.16. The van der Waals surface area contributed by atoms with Gasteiger partial charge in [-0.15, -0.1) is 0 Å². The van der Waals surface area contributed by atoms with E-state index in [2.05, 4.69) is 78.9 Å². The second-order valence-corrected chi connectivity index (χ2v) is 10.9. The number of hydrogen-bond donors (Lipinski definition) is 0. The zero-order valence-corrected chi connectivity index (χ0v) is 23.4. The molecule has 0 radical (unpaired) electrons. The average Bonchev–Trinajstić information content (AvgIpc) is 3.69. The molecule has 9 aromatic rings. The lowest BCUT2D eigenvalue weighted by molar-refractivity contribution is 0.625. The van der Waals surface area contributed by atoms with Crippen LogP contribution in [0.4, 0.5) is 0 Å². The van der Waals surface area contributed by atoms with Gasteiger partial charge in [-0.2, -0.15) is 0 Å². The van der Waals surface area contributed by atoms with Crippen LogP contribution in [-0.4, -0.2) is 15.0 Å². The molecule has 0 saturated heterocycles. The van der Waals surface area contributed by atoms with E-state index in [0.717, 1.165) is 49.6 Å². The van der Waals surface area contributed by atoms with Crippen molar-refractivity contribution < 1.29 is 8.83 Å². The predicted octanol–water partition coefficient (Wildman–Crippen LogP) is 10.3. The van der Waals surface area contributed by atoms with Gasteiger partial charge in [0.2, 0.25) is 0 Å². The van der Waals surface area contributed by atoms with Crippen LogP contribution in [0.3, 0.4) is 0 Å². The highest BCUT2D eigenvalue weighted by Crippen LogP contribution is 2.34. The fraction of sp³-hybridized carbons (Fsp3) is 0. The number of fused-ring (bicyclic) bond motifs is 5. The molecular formula is C39H23N3O2. The normalized spacial score (nSPS) is 11.6. The van der Waals surface area contributed by atoms with Crippen LogP contribution in [0.1, 0.15) is 0 Å². The summed E-state index contributed by atoms with van der Waals surface area (Å²) in [6, 6.07) is 47.3. The summed E-state index contributed by atoms with van der Waals surface area (Å²) in [5.74, 6) is 2.18. The minimum absolute atomic E-state index is 0.476. The molecule has 9 rings (SSSR count). The Hall–Kier alpha value is -6.07. The lowest BCUT2D eigenvalue weighted by Gasteiger charge is -2.09. The van der Waals surface area contributed by atoms with Gasteiger partial charge in [0.25, 0.3) is 0 Å². The van der Waals surface area contributed by atoms with Crippen molar-refractivity contribution in [1.82, 2.24) is 15.0 Å². The van der Waals surface area contributed by atoms with Crippen LogP contribution in [0.25, 0.3) is 89.2 Å². The third-order valence-electron chi connectivity index (χ3n) is 8.16. The summed E-state index contributed by atoms with van der Waals surface area (Å²) in [5.41, 5.74) is 6.47. The zero-order valence-electron chi connectivity index (χ0n) is 23.4. The first kappa shape index (κ1) is 24.5. The maximum absolute atomic E-state index is 6.19. The van der Waals surface area contributed by atoms with Crippen molar-refractivity contribution in [2.45, 2.75) is 0 Å². The molecule has 3 heterocycles. The van der Waals surface area contributed by atoms with Crippen molar-refractivity contribution in [3.05, 3.63) is 140 Å². The number of rotatable bonds is 4. The zero-order chi connectivity index (χ0) is 29.0. The van der Waals surface area contributed by atoms with Gasteiger partial charge in [0.1, 0.15) is 16.7 Å². The largest absolute Gasteiger partial charge is 0.456 e. The Kier molecular flexibility index (Phi) is 5.43. The molecule has 3 aromatic heterocycles. The molecule has 0 amide bonds. The van der Waals surface area contributed by atoms with Crippen LogP contribution in [0.15, 0.2) is 148 Å². The topological polar surface area (TPSA) is 65.0 Å². The van der Waals surface area contributed by atoms with Crippen molar-refractivity contribution >= 4 is 43.7 Å². The molecule has 0 atom stereocenters. The van der Waals surface area contributed by atoms with E-state index in [4.69, 9.17) is 23.8 Å². The van der Waals surface area contributed by atoms with E-state index in [1.165, 1.54) is 16.3 Å². The molecule has 0 bridgehead atoms. The monoisotopic (exact) mass is 565 g/mol. The van der Waals surface area contributed by atoms with E-state index < -0.39 is 0 Å². The van der Waals surface area contributed by atoms with E-state index in [-0.39, 0.29) is 0 Å².